The molecule has 0 bridgehead atoms. The molecule has 1 aliphatic heterocycles. The summed E-state index contributed by atoms with van der Waals surface area (Å²) < 4.78 is 0. The molecule has 0 saturated carbocycles. The third-order valence-corrected chi connectivity index (χ3v) is 4.02. The van der Waals surface area contributed by atoms with Gasteiger partial charge < -0.3 is 15.1 Å². The van der Waals surface area contributed by atoms with Gasteiger partial charge in [0.2, 0.25) is 11.9 Å². The number of hydrogen-bond acceptors (Lipinski definition) is 7. The van der Waals surface area contributed by atoms with E-state index in [1.54, 1.807) is 19.4 Å². The summed E-state index contributed by atoms with van der Waals surface area (Å²) in [6.45, 7) is 4.81. The number of aryl methyl sites for hydroxylation is 1. The Morgan fingerprint density at radius 3 is 2.42 bits per heavy atom. The first-order valence-electron chi connectivity index (χ1n) is 7.97. The Hall–Kier alpha value is -2.77. The number of carbonyl (C=O) groups excluding carboxylic acids is 1. The molecule has 0 aliphatic carbocycles. The zero-order valence-electron chi connectivity index (χ0n) is 13.9. The number of rotatable bonds is 4. The molecular formula is C16H21N7O. The van der Waals surface area contributed by atoms with Crippen LogP contribution >= 0.6 is 0 Å². The van der Waals surface area contributed by atoms with Crippen LogP contribution < -0.4 is 10.2 Å². The smallest absolute Gasteiger partial charge is 0.227 e. The van der Waals surface area contributed by atoms with Gasteiger partial charge in [-0.25, -0.2) is 9.97 Å². The number of aromatic nitrogens is 4. The van der Waals surface area contributed by atoms with Gasteiger partial charge in [0.25, 0.3) is 0 Å². The molecule has 1 saturated heterocycles. The van der Waals surface area contributed by atoms with Crippen LogP contribution in [0.25, 0.3) is 0 Å². The lowest BCUT2D eigenvalue weighted by Crippen LogP contribution is -2.49. The summed E-state index contributed by atoms with van der Waals surface area (Å²) in [7, 11) is 1.76. The molecule has 8 heteroatoms. The molecule has 2 aromatic heterocycles. The van der Waals surface area contributed by atoms with Crippen molar-refractivity contribution in [3.8, 4) is 0 Å². The predicted octanol–water partition coefficient (Wildman–Crippen LogP) is 0.508. The third-order valence-electron chi connectivity index (χ3n) is 4.02. The maximum absolute atomic E-state index is 12.4. The highest BCUT2D eigenvalue weighted by atomic mass is 16.2. The Bertz CT molecular complexity index is 679. The summed E-state index contributed by atoms with van der Waals surface area (Å²) in [5.74, 6) is 1.52. The van der Waals surface area contributed by atoms with Crippen LogP contribution in [-0.4, -0.2) is 64.2 Å². The second kappa shape index (κ2) is 7.20. The molecule has 8 nitrogen and oxygen atoms in total. The van der Waals surface area contributed by atoms with Crippen molar-refractivity contribution in [3.05, 3.63) is 35.8 Å². The van der Waals surface area contributed by atoms with Crippen LogP contribution in [0.3, 0.4) is 0 Å². The minimum Gasteiger partial charge on any atom is -0.357 e. The molecule has 1 fully saturated rings. The van der Waals surface area contributed by atoms with E-state index < -0.39 is 0 Å². The Labute approximate surface area is 140 Å². The van der Waals surface area contributed by atoms with Gasteiger partial charge >= 0.3 is 0 Å². The third kappa shape index (κ3) is 3.76. The normalized spacial score (nSPS) is 14.6. The molecule has 0 unspecified atom stereocenters. The molecule has 0 aromatic carbocycles. The van der Waals surface area contributed by atoms with Crippen LogP contribution in [0, 0.1) is 6.92 Å². The molecule has 1 aliphatic rings. The van der Waals surface area contributed by atoms with E-state index in [1.807, 2.05) is 24.0 Å². The van der Waals surface area contributed by atoms with Gasteiger partial charge in [0, 0.05) is 45.6 Å². The van der Waals surface area contributed by atoms with Crippen LogP contribution in [-0.2, 0) is 11.2 Å². The SMILES string of the molecule is CNc1ncc(CC(=O)N2CCN(c3ccc(C)nn3)CC2)cn1. The van der Waals surface area contributed by atoms with Gasteiger partial charge in [-0.05, 0) is 24.6 Å². The summed E-state index contributed by atoms with van der Waals surface area (Å²) >= 11 is 0. The first kappa shape index (κ1) is 16.1. The first-order chi connectivity index (χ1) is 11.7. The second-order valence-corrected chi connectivity index (χ2v) is 5.74. The number of anilines is 2. The van der Waals surface area contributed by atoms with Crippen molar-refractivity contribution in [1.29, 1.82) is 0 Å². The number of piperazine rings is 1. The lowest BCUT2D eigenvalue weighted by Gasteiger charge is -2.35. The molecular weight excluding hydrogens is 306 g/mol. The standard InChI is InChI=1S/C16H21N7O/c1-12-3-4-14(21-20-12)22-5-7-23(8-6-22)15(24)9-13-10-18-16(17-2)19-11-13/h3-4,10-11H,5-9H2,1-2H3,(H,17,18,19). The van der Waals surface area contributed by atoms with Gasteiger partial charge in [-0.3, -0.25) is 4.79 Å². The van der Waals surface area contributed by atoms with Crippen LogP contribution in [0.15, 0.2) is 24.5 Å². The number of amides is 1. The van der Waals surface area contributed by atoms with E-state index in [-0.39, 0.29) is 5.91 Å². The molecule has 126 valence electrons. The van der Waals surface area contributed by atoms with E-state index in [0.717, 1.165) is 30.2 Å². The van der Waals surface area contributed by atoms with Crippen LogP contribution in [0.4, 0.5) is 11.8 Å². The van der Waals surface area contributed by atoms with E-state index in [4.69, 9.17) is 0 Å². The highest BCUT2D eigenvalue weighted by molar-refractivity contribution is 5.79. The molecule has 3 rings (SSSR count). The maximum Gasteiger partial charge on any atom is 0.227 e. The van der Waals surface area contributed by atoms with Crippen LogP contribution in [0.1, 0.15) is 11.3 Å². The molecule has 0 radical (unpaired) electrons. The van der Waals surface area contributed by atoms with Gasteiger partial charge in [-0.2, -0.15) is 5.10 Å². The van der Waals surface area contributed by atoms with Gasteiger partial charge in [0.1, 0.15) is 0 Å². The second-order valence-electron chi connectivity index (χ2n) is 5.74. The summed E-state index contributed by atoms with van der Waals surface area (Å²) in [6, 6.07) is 3.93. The summed E-state index contributed by atoms with van der Waals surface area (Å²) in [5.41, 5.74) is 1.73. The zero-order valence-corrected chi connectivity index (χ0v) is 13.9. The molecule has 0 atom stereocenters. The highest BCUT2D eigenvalue weighted by Crippen LogP contribution is 2.13. The lowest BCUT2D eigenvalue weighted by atomic mass is 10.2. The fourth-order valence-electron chi connectivity index (χ4n) is 2.61. The van der Waals surface area contributed by atoms with E-state index in [9.17, 15) is 4.79 Å². The van der Waals surface area contributed by atoms with Gasteiger partial charge in [-0.15, -0.1) is 5.10 Å². The Balaban J connectivity index is 1.53. The number of nitrogens with zero attached hydrogens (tertiary/aromatic N) is 6. The monoisotopic (exact) mass is 327 g/mol. The van der Waals surface area contributed by atoms with E-state index >= 15 is 0 Å². The topological polar surface area (TPSA) is 87.1 Å². The minimum absolute atomic E-state index is 0.102. The van der Waals surface area contributed by atoms with Gasteiger partial charge in [-0.1, -0.05) is 0 Å². The fourth-order valence-corrected chi connectivity index (χ4v) is 2.61. The zero-order chi connectivity index (χ0) is 16.9. The molecule has 0 spiro atoms. The van der Waals surface area contributed by atoms with E-state index in [0.29, 0.717) is 25.5 Å². The number of nitrogens with one attached hydrogen (secondary N) is 1. The maximum atomic E-state index is 12.4. The molecule has 1 amide bonds. The summed E-state index contributed by atoms with van der Waals surface area (Å²) in [6.07, 6.45) is 3.71. The molecule has 2 aromatic rings. The van der Waals surface area contributed by atoms with Crippen LogP contribution in [0.2, 0.25) is 0 Å². The van der Waals surface area contributed by atoms with Crippen molar-refractivity contribution in [2.24, 2.45) is 0 Å². The van der Waals surface area contributed by atoms with Crippen molar-refractivity contribution in [1.82, 2.24) is 25.1 Å². The highest BCUT2D eigenvalue weighted by Gasteiger charge is 2.22. The van der Waals surface area contributed by atoms with Crippen molar-refractivity contribution in [3.63, 3.8) is 0 Å². The van der Waals surface area contributed by atoms with Crippen molar-refractivity contribution < 1.29 is 4.79 Å². The summed E-state index contributed by atoms with van der Waals surface area (Å²) in [5, 5.41) is 11.2. The number of hydrogen-bond donors (Lipinski definition) is 1. The fraction of sp³-hybridized carbons (Fsp3) is 0.438. The molecule has 1 N–H and O–H groups in total. The minimum atomic E-state index is 0.102. The molecule has 24 heavy (non-hydrogen) atoms. The van der Waals surface area contributed by atoms with Crippen molar-refractivity contribution in [2.45, 2.75) is 13.3 Å². The van der Waals surface area contributed by atoms with Crippen molar-refractivity contribution >= 4 is 17.7 Å². The number of carbonyl (C=O) groups is 1. The molecule has 3 heterocycles. The lowest BCUT2D eigenvalue weighted by molar-refractivity contribution is -0.130. The Kier molecular flexibility index (Phi) is 4.83. The first-order valence-corrected chi connectivity index (χ1v) is 7.97. The average Bonchev–Trinajstić information content (AvgIpc) is 2.63. The Morgan fingerprint density at radius 1 is 1.12 bits per heavy atom. The van der Waals surface area contributed by atoms with E-state index in [2.05, 4.69) is 30.4 Å². The summed E-state index contributed by atoms with van der Waals surface area (Å²) in [4.78, 5) is 24.7. The van der Waals surface area contributed by atoms with Gasteiger partial charge in [0.15, 0.2) is 5.82 Å². The van der Waals surface area contributed by atoms with Crippen LogP contribution in [0.5, 0.6) is 0 Å². The van der Waals surface area contributed by atoms with Crippen molar-refractivity contribution in [2.75, 3.05) is 43.4 Å². The van der Waals surface area contributed by atoms with Gasteiger partial charge in [0.05, 0.1) is 12.1 Å². The predicted molar refractivity (Wildman–Crippen MR) is 90.8 cm³/mol. The average molecular weight is 327 g/mol. The van der Waals surface area contributed by atoms with E-state index in [1.165, 1.54) is 0 Å². The quantitative estimate of drug-likeness (QED) is 0.875. The largest absolute Gasteiger partial charge is 0.357 e. The Morgan fingerprint density at radius 2 is 1.83 bits per heavy atom.